The van der Waals surface area contributed by atoms with Crippen LogP contribution in [-0.4, -0.2) is 18.6 Å². The lowest BCUT2D eigenvalue weighted by atomic mass is 9.82. The molecule has 1 aromatic heterocycles. The second-order valence-corrected chi connectivity index (χ2v) is 5.20. The summed E-state index contributed by atoms with van der Waals surface area (Å²) >= 11 is 0. The second kappa shape index (κ2) is 6.75. The molecule has 1 aliphatic carbocycles. The summed E-state index contributed by atoms with van der Waals surface area (Å²) < 4.78 is 0. The van der Waals surface area contributed by atoms with Crippen LogP contribution in [-0.2, 0) is 0 Å². The van der Waals surface area contributed by atoms with Gasteiger partial charge in [-0.2, -0.15) is 0 Å². The van der Waals surface area contributed by atoms with Gasteiger partial charge in [-0.1, -0.05) is 31.7 Å². The SMILES string of the molecule is CNCC(c1cccnc1)C1CCCCCC1. The molecule has 0 radical (unpaired) electrons. The average Bonchev–Trinajstić information content (AvgIpc) is 2.66. The Hall–Kier alpha value is -0.890. The third kappa shape index (κ3) is 3.53. The van der Waals surface area contributed by atoms with Crippen molar-refractivity contribution in [3.63, 3.8) is 0 Å². The van der Waals surface area contributed by atoms with Gasteiger partial charge in [-0.25, -0.2) is 0 Å². The molecule has 0 spiro atoms. The molecule has 0 bridgehead atoms. The minimum atomic E-state index is 0.645. The molecule has 0 amide bonds. The molecule has 1 fully saturated rings. The maximum Gasteiger partial charge on any atom is 0.0303 e. The summed E-state index contributed by atoms with van der Waals surface area (Å²) in [6, 6.07) is 4.30. The number of likely N-dealkylation sites (N-methyl/N-ethyl adjacent to an activating group) is 1. The van der Waals surface area contributed by atoms with E-state index in [4.69, 9.17) is 0 Å². The number of aromatic nitrogens is 1. The molecule has 2 rings (SSSR count). The lowest BCUT2D eigenvalue weighted by Crippen LogP contribution is -2.24. The van der Waals surface area contributed by atoms with Gasteiger partial charge in [-0.15, -0.1) is 0 Å². The van der Waals surface area contributed by atoms with Crippen molar-refractivity contribution in [3.8, 4) is 0 Å². The van der Waals surface area contributed by atoms with Crippen LogP contribution in [0.4, 0.5) is 0 Å². The monoisotopic (exact) mass is 232 g/mol. The standard InChI is InChI=1S/C15H24N2/c1-16-12-15(14-9-6-10-17-11-14)13-7-4-2-3-5-8-13/h6,9-11,13,15-16H,2-5,7-8,12H2,1H3. The third-order valence-corrected chi connectivity index (χ3v) is 4.01. The molecular formula is C15H24N2. The molecule has 1 atom stereocenters. The van der Waals surface area contributed by atoms with Crippen molar-refractivity contribution in [2.24, 2.45) is 5.92 Å². The lowest BCUT2D eigenvalue weighted by molar-refractivity contribution is 0.367. The number of pyridine rings is 1. The van der Waals surface area contributed by atoms with Gasteiger partial charge in [0.25, 0.3) is 0 Å². The Morgan fingerprint density at radius 3 is 2.65 bits per heavy atom. The van der Waals surface area contributed by atoms with Gasteiger partial charge in [0.15, 0.2) is 0 Å². The highest BCUT2D eigenvalue weighted by Crippen LogP contribution is 2.34. The van der Waals surface area contributed by atoms with E-state index in [1.165, 1.54) is 44.1 Å². The van der Waals surface area contributed by atoms with Crippen LogP contribution < -0.4 is 5.32 Å². The molecule has 17 heavy (non-hydrogen) atoms. The van der Waals surface area contributed by atoms with Crippen molar-refractivity contribution >= 4 is 0 Å². The van der Waals surface area contributed by atoms with Crippen molar-refractivity contribution in [1.29, 1.82) is 0 Å². The number of rotatable bonds is 4. The maximum atomic E-state index is 4.28. The Labute approximate surface area is 105 Å². The van der Waals surface area contributed by atoms with Crippen LogP contribution in [0.3, 0.4) is 0 Å². The zero-order valence-electron chi connectivity index (χ0n) is 10.9. The topological polar surface area (TPSA) is 24.9 Å². The molecule has 0 aromatic carbocycles. The van der Waals surface area contributed by atoms with Gasteiger partial charge in [-0.3, -0.25) is 4.98 Å². The molecule has 0 saturated heterocycles. The van der Waals surface area contributed by atoms with Crippen LogP contribution in [0.5, 0.6) is 0 Å². The first kappa shape index (κ1) is 12.6. The first-order chi connectivity index (χ1) is 8.42. The molecular weight excluding hydrogens is 208 g/mol. The van der Waals surface area contributed by atoms with Crippen molar-refractivity contribution in [1.82, 2.24) is 10.3 Å². The molecule has 1 aliphatic rings. The summed E-state index contributed by atoms with van der Waals surface area (Å²) in [7, 11) is 2.06. The summed E-state index contributed by atoms with van der Waals surface area (Å²) in [5.74, 6) is 1.49. The minimum Gasteiger partial charge on any atom is -0.319 e. The minimum absolute atomic E-state index is 0.645. The van der Waals surface area contributed by atoms with Crippen LogP contribution in [0.25, 0.3) is 0 Å². The van der Waals surface area contributed by atoms with Crippen molar-refractivity contribution in [2.75, 3.05) is 13.6 Å². The smallest absolute Gasteiger partial charge is 0.0303 e. The molecule has 1 aromatic rings. The van der Waals surface area contributed by atoms with E-state index < -0.39 is 0 Å². The molecule has 1 heterocycles. The molecule has 2 nitrogen and oxygen atoms in total. The van der Waals surface area contributed by atoms with Gasteiger partial charge in [-0.05, 0) is 37.4 Å². The van der Waals surface area contributed by atoms with E-state index in [0.717, 1.165) is 12.5 Å². The predicted octanol–water partition coefficient (Wildman–Crippen LogP) is 3.36. The quantitative estimate of drug-likeness (QED) is 0.805. The van der Waals surface area contributed by atoms with Crippen LogP contribution in [0, 0.1) is 5.92 Å². The zero-order valence-corrected chi connectivity index (χ0v) is 10.9. The fourth-order valence-electron chi connectivity index (χ4n) is 3.09. The van der Waals surface area contributed by atoms with E-state index in [1.54, 1.807) is 0 Å². The molecule has 0 aliphatic heterocycles. The Kier molecular flexibility index (Phi) is 4.99. The van der Waals surface area contributed by atoms with Crippen molar-refractivity contribution < 1.29 is 0 Å². The summed E-state index contributed by atoms with van der Waals surface area (Å²) in [5.41, 5.74) is 1.41. The van der Waals surface area contributed by atoms with Gasteiger partial charge in [0.2, 0.25) is 0 Å². The summed E-state index contributed by atoms with van der Waals surface area (Å²) in [5, 5.41) is 3.36. The van der Waals surface area contributed by atoms with Crippen LogP contribution in [0.15, 0.2) is 24.5 Å². The van der Waals surface area contributed by atoms with E-state index in [1.807, 2.05) is 12.4 Å². The Morgan fingerprint density at radius 2 is 2.06 bits per heavy atom. The van der Waals surface area contributed by atoms with E-state index in [0.29, 0.717) is 5.92 Å². The molecule has 1 N–H and O–H groups in total. The number of hydrogen-bond acceptors (Lipinski definition) is 2. The van der Waals surface area contributed by atoms with Crippen LogP contribution in [0.1, 0.15) is 50.0 Å². The van der Waals surface area contributed by atoms with Gasteiger partial charge in [0, 0.05) is 24.9 Å². The Balaban J connectivity index is 2.10. The highest BCUT2D eigenvalue weighted by Gasteiger charge is 2.23. The fourth-order valence-corrected chi connectivity index (χ4v) is 3.09. The third-order valence-electron chi connectivity index (χ3n) is 4.01. The van der Waals surface area contributed by atoms with Crippen LogP contribution in [0.2, 0.25) is 0 Å². The fraction of sp³-hybridized carbons (Fsp3) is 0.667. The van der Waals surface area contributed by atoms with Crippen molar-refractivity contribution in [2.45, 2.75) is 44.4 Å². The summed E-state index contributed by atoms with van der Waals surface area (Å²) in [4.78, 5) is 4.28. The molecule has 1 saturated carbocycles. The number of hydrogen-bond donors (Lipinski definition) is 1. The largest absolute Gasteiger partial charge is 0.319 e. The number of nitrogens with one attached hydrogen (secondary N) is 1. The lowest BCUT2D eigenvalue weighted by Gasteiger charge is -2.26. The summed E-state index contributed by atoms with van der Waals surface area (Å²) in [6.45, 7) is 1.08. The van der Waals surface area contributed by atoms with Gasteiger partial charge in [0.05, 0.1) is 0 Å². The van der Waals surface area contributed by atoms with E-state index in [9.17, 15) is 0 Å². The average molecular weight is 232 g/mol. The first-order valence-electron chi connectivity index (χ1n) is 6.96. The molecule has 94 valence electrons. The molecule has 2 heteroatoms. The van der Waals surface area contributed by atoms with Gasteiger partial charge in [0.1, 0.15) is 0 Å². The normalized spacial score (nSPS) is 19.8. The first-order valence-corrected chi connectivity index (χ1v) is 6.96. The second-order valence-electron chi connectivity index (χ2n) is 5.20. The predicted molar refractivity (Wildman–Crippen MR) is 72.1 cm³/mol. The maximum absolute atomic E-state index is 4.28. The highest BCUT2D eigenvalue weighted by atomic mass is 14.8. The number of nitrogens with zero attached hydrogens (tertiary/aromatic N) is 1. The van der Waals surface area contributed by atoms with E-state index in [2.05, 4.69) is 29.5 Å². The van der Waals surface area contributed by atoms with Gasteiger partial charge < -0.3 is 5.32 Å². The summed E-state index contributed by atoms with van der Waals surface area (Å²) in [6.07, 6.45) is 12.4. The zero-order chi connectivity index (χ0) is 11.9. The van der Waals surface area contributed by atoms with E-state index >= 15 is 0 Å². The Bertz CT molecular complexity index is 302. The Morgan fingerprint density at radius 1 is 1.29 bits per heavy atom. The highest BCUT2D eigenvalue weighted by molar-refractivity contribution is 5.16. The molecule has 1 unspecified atom stereocenters. The van der Waals surface area contributed by atoms with E-state index in [-0.39, 0.29) is 0 Å². The van der Waals surface area contributed by atoms with Crippen molar-refractivity contribution in [3.05, 3.63) is 30.1 Å². The van der Waals surface area contributed by atoms with Crippen LogP contribution >= 0.6 is 0 Å². The van der Waals surface area contributed by atoms with Gasteiger partial charge >= 0.3 is 0 Å².